The Kier molecular flexibility index (Phi) is 5.95. The molecule has 0 spiro atoms. The normalized spacial score (nSPS) is 10.6. The van der Waals surface area contributed by atoms with E-state index in [2.05, 4.69) is 15.6 Å². The number of nitrogens with one attached hydrogen (secondary N) is 2. The van der Waals surface area contributed by atoms with E-state index in [1.165, 1.54) is 0 Å². The first kappa shape index (κ1) is 20.6. The molecule has 0 radical (unpaired) electrons. The predicted octanol–water partition coefficient (Wildman–Crippen LogP) is 4.87. The van der Waals surface area contributed by atoms with Gasteiger partial charge in [0.2, 0.25) is 11.8 Å². The van der Waals surface area contributed by atoms with E-state index >= 15 is 0 Å². The lowest BCUT2D eigenvalue weighted by atomic mass is 10.1. The number of hydrogen-bond acceptors (Lipinski definition) is 5. The van der Waals surface area contributed by atoms with E-state index in [0.717, 1.165) is 28.1 Å². The molecule has 0 saturated carbocycles. The summed E-state index contributed by atoms with van der Waals surface area (Å²) in [6.07, 6.45) is 0.258. The van der Waals surface area contributed by atoms with Crippen LogP contribution in [0, 0.1) is 6.92 Å². The minimum Gasteiger partial charge on any atom is -0.497 e. The summed E-state index contributed by atoms with van der Waals surface area (Å²) in [4.78, 5) is 16.8. The van der Waals surface area contributed by atoms with Crippen molar-refractivity contribution < 1.29 is 13.9 Å². The fourth-order valence-corrected chi connectivity index (χ4v) is 3.38. The number of benzene rings is 3. The lowest BCUT2D eigenvalue weighted by Gasteiger charge is -2.12. The topological polar surface area (TPSA) is 76.4 Å². The van der Waals surface area contributed by atoms with E-state index in [4.69, 9.17) is 21.4 Å². The number of fused-ring (bicyclic) bond motifs is 1. The lowest BCUT2D eigenvalue weighted by Crippen LogP contribution is -2.35. The smallest absolute Gasteiger partial charge is 0.230 e. The summed E-state index contributed by atoms with van der Waals surface area (Å²) in [7, 11) is 1.61. The molecule has 0 atom stereocenters. The molecule has 31 heavy (non-hydrogen) atoms. The van der Waals surface area contributed by atoms with Crippen molar-refractivity contribution in [3.8, 4) is 17.2 Å². The maximum atomic E-state index is 12.3. The summed E-state index contributed by atoms with van der Waals surface area (Å²) in [6, 6.07) is 20.8. The van der Waals surface area contributed by atoms with Crippen LogP contribution in [0.1, 0.15) is 11.1 Å². The van der Waals surface area contributed by atoms with E-state index in [1.807, 2.05) is 73.7 Å². The van der Waals surface area contributed by atoms with Crippen molar-refractivity contribution in [2.75, 3.05) is 12.4 Å². The molecule has 6 nitrogen and oxygen atoms in total. The Morgan fingerprint density at radius 2 is 1.90 bits per heavy atom. The molecule has 4 rings (SSSR count). The van der Waals surface area contributed by atoms with Gasteiger partial charge in [0.15, 0.2) is 10.7 Å². The van der Waals surface area contributed by atoms with Crippen LogP contribution < -0.4 is 15.4 Å². The highest BCUT2D eigenvalue weighted by molar-refractivity contribution is 7.80. The molecule has 2 N–H and O–H groups in total. The van der Waals surface area contributed by atoms with Crippen LogP contribution in [0.5, 0.6) is 5.75 Å². The van der Waals surface area contributed by atoms with Crippen LogP contribution >= 0.6 is 12.2 Å². The number of amides is 1. The molecule has 7 heteroatoms. The highest BCUT2D eigenvalue weighted by Crippen LogP contribution is 2.29. The van der Waals surface area contributed by atoms with Crippen LogP contribution in [0.25, 0.3) is 22.6 Å². The summed E-state index contributed by atoms with van der Waals surface area (Å²) in [5, 5.41) is 6.06. The molecule has 4 aromatic rings. The highest BCUT2D eigenvalue weighted by Gasteiger charge is 2.12. The molecule has 1 amide bonds. The first-order valence-corrected chi connectivity index (χ1v) is 10.1. The first-order valence-electron chi connectivity index (χ1n) is 9.72. The number of ether oxygens (including phenoxy) is 1. The van der Waals surface area contributed by atoms with E-state index in [0.29, 0.717) is 17.0 Å². The van der Waals surface area contributed by atoms with Gasteiger partial charge in [0.1, 0.15) is 11.3 Å². The van der Waals surface area contributed by atoms with Crippen molar-refractivity contribution in [2.24, 2.45) is 0 Å². The second-order valence-corrected chi connectivity index (χ2v) is 7.46. The predicted molar refractivity (Wildman–Crippen MR) is 125 cm³/mol. The largest absolute Gasteiger partial charge is 0.497 e. The zero-order chi connectivity index (χ0) is 21.8. The van der Waals surface area contributed by atoms with Crippen LogP contribution in [-0.2, 0) is 11.2 Å². The third kappa shape index (κ3) is 4.90. The van der Waals surface area contributed by atoms with Crippen molar-refractivity contribution in [2.45, 2.75) is 13.3 Å². The van der Waals surface area contributed by atoms with Crippen LogP contribution in [0.3, 0.4) is 0 Å². The number of oxazole rings is 1. The van der Waals surface area contributed by atoms with E-state index in [-0.39, 0.29) is 17.4 Å². The summed E-state index contributed by atoms with van der Waals surface area (Å²) in [5.74, 6) is 1.03. The summed E-state index contributed by atoms with van der Waals surface area (Å²) in [5.41, 5.74) is 4.85. The van der Waals surface area contributed by atoms with Crippen molar-refractivity contribution in [1.29, 1.82) is 0 Å². The highest BCUT2D eigenvalue weighted by atomic mass is 32.1. The van der Waals surface area contributed by atoms with E-state index in [9.17, 15) is 4.79 Å². The SMILES string of the molecule is COc1ccc2oc(-c3ccc(C)c(NC(=S)NC(=O)Cc4ccccc4)c3)nc2c1. The maximum Gasteiger partial charge on any atom is 0.230 e. The Hall–Kier alpha value is -3.71. The van der Waals surface area contributed by atoms with Gasteiger partial charge in [-0.25, -0.2) is 4.98 Å². The van der Waals surface area contributed by atoms with Gasteiger partial charge in [-0.2, -0.15) is 0 Å². The van der Waals surface area contributed by atoms with Crippen LogP contribution in [0.2, 0.25) is 0 Å². The van der Waals surface area contributed by atoms with Gasteiger partial charge < -0.3 is 19.8 Å². The molecule has 0 bridgehead atoms. The molecule has 0 aliphatic heterocycles. The van der Waals surface area contributed by atoms with E-state index < -0.39 is 0 Å². The fourth-order valence-electron chi connectivity index (χ4n) is 3.15. The molecule has 156 valence electrons. The molecular weight excluding hydrogens is 410 g/mol. The number of nitrogens with zero attached hydrogens (tertiary/aromatic N) is 1. The Morgan fingerprint density at radius 1 is 1.10 bits per heavy atom. The van der Waals surface area contributed by atoms with Crippen LogP contribution in [0.4, 0.5) is 5.69 Å². The van der Waals surface area contributed by atoms with Gasteiger partial charge in [-0.3, -0.25) is 4.79 Å². The molecule has 0 saturated heterocycles. The molecule has 1 aromatic heterocycles. The average Bonchev–Trinajstić information content (AvgIpc) is 3.19. The molecule has 1 heterocycles. The van der Waals surface area contributed by atoms with Gasteiger partial charge in [0.25, 0.3) is 0 Å². The Balaban J connectivity index is 1.49. The molecule has 0 fully saturated rings. The van der Waals surface area contributed by atoms with Crippen molar-refractivity contribution >= 4 is 40.0 Å². The number of anilines is 1. The summed E-state index contributed by atoms with van der Waals surface area (Å²) < 4.78 is 11.1. The number of methoxy groups -OCH3 is 1. The number of rotatable bonds is 5. The minimum absolute atomic E-state index is 0.176. The van der Waals surface area contributed by atoms with Crippen molar-refractivity contribution in [3.63, 3.8) is 0 Å². The van der Waals surface area contributed by atoms with Gasteiger partial charge in [0, 0.05) is 17.3 Å². The number of carbonyl (C=O) groups is 1. The summed E-state index contributed by atoms with van der Waals surface area (Å²) >= 11 is 5.33. The Labute approximate surface area is 185 Å². The number of carbonyl (C=O) groups excluding carboxylic acids is 1. The first-order chi connectivity index (χ1) is 15.0. The monoisotopic (exact) mass is 431 g/mol. The summed E-state index contributed by atoms with van der Waals surface area (Å²) in [6.45, 7) is 1.96. The standard InChI is InChI=1S/C24H21N3O3S/c1-15-8-9-17(23-25-20-14-18(29-2)10-11-21(20)30-23)13-19(15)26-24(31)27-22(28)12-16-6-4-3-5-7-16/h3-11,13-14H,12H2,1-2H3,(H2,26,27,28,31). The fraction of sp³-hybridized carbons (Fsp3) is 0.125. The van der Waals surface area contributed by atoms with Gasteiger partial charge in [-0.15, -0.1) is 0 Å². The lowest BCUT2D eigenvalue weighted by molar-refractivity contribution is -0.119. The molecule has 0 aliphatic rings. The quantitative estimate of drug-likeness (QED) is 0.439. The average molecular weight is 432 g/mol. The van der Waals surface area contributed by atoms with Crippen LogP contribution in [0.15, 0.2) is 71.1 Å². The molecule has 0 aliphatic carbocycles. The van der Waals surface area contributed by atoms with Gasteiger partial charge in [0.05, 0.1) is 13.5 Å². The Bertz CT molecular complexity index is 1250. The Morgan fingerprint density at radius 3 is 2.68 bits per heavy atom. The number of thiocarbonyl (C=S) groups is 1. The zero-order valence-electron chi connectivity index (χ0n) is 17.1. The van der Waals surface area contributed by atoms with Gasteiger partial charge in [-0.05, 0) is 54.5 Å². The molecule has 0 unspecified atom stereocenters. The minimum atomic E-state index is -0.176. The third-order valence-electron chi connectivity index (χ3n) is 4.79. The zero-order valence-corrected chi connectivity index (χ0v) is 18.0. The second kappa shape index (κ2) is 8.97. The van der Waals surface area contributed by atoms with Gasteiger partial charge in [-0.1, -0.05) is 36.4 Å². The number of aryl methyl sites for hydroxylation is 1. The number of hydrogen-bond donors (Lipinski definition) is 2. The maximum absolute atomic E-state index is 12.3. The molecule has 3 aromatic carbocycles. The number of aromatic nitrogens is 1. The van der Waals surface area contributed by atoms with E-state index in [1.54, 1.807) is 7.11 Å². The van der Waals surface area contributed by atoms with Gasteiger partial charge >= 0.3 is 0 Å². The van der Waals surface area contributed by atoms with Crippen molar-refractivity contribution in [1.82, 2.24) is 10.3 Å². The second-order valence-electron chi connectivity index (χ2n) is 7.05. The van der Waals surface area contributed by atoms with Crippen LogP contribution in [-0.4, -0.2) is 23.1 Å². The molecular formula is C24H21N3O3S. The van der Waals surface area contributed by atoms with Crippen molar-refractivity contribution in [3.05, 3.63) is 77.9 Å². The third-order valence-corrected chi connectivity index (χ3v) is 4.99.